The maximum absolute atomic E-state index is 13.4. The van der Waals surface area contributed by atoms with Crippen LogP contribution in [0.2, 0.25) is 0 Å². The van der Waals surface area contributed by atoms with Crippen LogP contribution in [0.25, 0.3) is 10.2 Å². The Balaban J connectivity index is 1.84. The fourth-order valence-electron chi connectivity index (χ4n) is 3.45. The van der Waals surface area contributed by atoms with Gasteiger partial charge < -0.3 is 9.52 Å². The van der Waals surface area contributed by atoms with Gasteiger partial charge in [-0.25, -0.2) is 4.98 Å². The molecule has 3 heterocycles. The maximum atomic E-state index is 13.4. The van der Waals surface area contributed by atoms with Gasteiger partial charge in [0.2, 0.25) is 0 Å². The lowest BCUT2D eigenvalue weighted by Crippen LogP contribution is -2.26. The molecule has 3 aromatic rings. The highest BCUT2D eigenvalue weighted by Gasteiger charge is 2.25. The van der Waals surface area contributed by atoms with Gasteiger partial charge in [0.1, 0.15) is 10.6 Å². The van der Waals surface area contributed by atoms with E-state index in [1.54, 1.807) is 36.0 Å². The summed E-state index contributed by atoms with van der Waals surface area (Å²) in [4.78, 5) is 20.4. The summed E-state index contributed by atoms with van der Waals surface area (Å²) in [6.45, 7) is 6.14. The molecule has 1 aliphatic rings. The van der Waals surface area contributed by atoms with Crippen molar-refractivity contribution >= 4 is 33.3 Å². The smallest absolute Gasteiger partial charge is 0.263 e. The molecule has 0 saturated heterocycles. The van der Waals surface area contributed by atoms with Crippen LogP contribution in [0.5, 0.6) is 0 Å². The summed E-state index contributed by atoms with van der Waals surface area (Å²) in [5.41, 5.74) is 0.358. The Labute approximate surface area is 166 Å². The highest BCUT2D eigenvalue weighted by molar-refractivity contribution is 7.99. The van der Waals surface area contributed by atoms with Crippen molar-refractivity contribution in [3.8, 4) is 0 Å². The summed E-state index contributed by atoms with van der Waals surface area (Å²) < 4.78 is 7.17. The topological polar surface area (TPSA) is 68.3 Å². The Hall–Kier alpha value is -1.57. The van der Waals surface area contributed by atoms with Crippen molar-refractivity contribution in [3.05, 3.63) is 45.0 Å². The number of thiophene rings is 1. The van der Waals surface area contributed by atoms with Crippen LogP contribution in [0, 0.1) is 5.92 Å². The van der Waals surface area contributed by atoms with Crippen LogP contribution in [0.3, 0.4) is 0 Å². The van der Waals surface area contributed by atoms with E-state index >= 15 is 0 Å². The van der Waals surface area contributed by atoms with Gasteiger partial charge in [-0.05, 0) is 56.7 Å². The molecule has 1 aliphatic carbocycles. The Bertz CT molecular complexity index is 1010. The van der Waals surface area contributed by atoms with Gasteiger partial charge in [-0.15, -0.1) is 11.3 Å². The van der Waals surface area contributed by atoms with E-state index in [4.69, 9.17) is 9.40 Å². The number of fused-ring (bicyclic) bond motifs is 3. The average Bonchev–Trinajstić information content (AvgIpc) is 3.21. The van der Waals surface area contributed by atoms with Gasteiger partial charge in [-0.3, -0.25) is 9.36 Å². The first-order valence-corrected chi connectivity index (χ1v) is 11.0. The van der Waals surface area contributed by atoms with Gasteiger partial charge in [0, 0.05) is 10.6 Å². The Morgan fingerprint density at radius 1 is 1.48 bits per heavy atom. The summed E-state index contributed by atoms with van der Waals surface area (Å²) in [6.07, 6.45) is 4.71. The van der Waals surface area contributed by atoms with Crippen molar-refractivity contribution in [1.29, 1.82) is 0 Å². The number of aryl methyl sites for hydroxylation is 1. The normalized spacial score (nSPS) is 17.4. The molecule has 5 nitrogen and oxygen atoms in total. The van der Waals surface area contributed by atoms with Crippen molar-refractivity contribution in [2.75, 3.05) is 5.75 Å². The van der Waals surface area contributed by atoms with Crippen LogP contribution in [0.15, 0.2) is 32.8 Å². The fraction of sp³-hybridized carbons (Fsp3) is 0.500. The van der Waals surface area contributed by atoms with Crippen molar-refractivity contribution in [2.45, 2.75) is 57.3 Å². The molecule has 0 saturated carbocycles. The third-order valence-corrected chi connectivity index (χ3v) is 7.40. The van der Waals surface area contributed by atoms with Crippen LogP contribution in [0.1, 0.15) is 43.4 Å². The number of hydrogen-bond donors (Lipinski definition) is 1. The second-order valence-electron chi connectivity index (χ2n) is 8.00. The lowest BCUT2D eigenvalue weighted by Gasteiger charge is -2.18. The monoisotopic (exact) mass is 404 g/mol. The molecule has 4 rings (SSSR count). The Morgan fingerprint density at radius 3 is 3.00 bits per heavy atom. The lowest BCUT2D eigenvalue weighted by atomic mass is 9.89. The van der Waals surface area contributed by atoms with Gasteiger partial charge in [0.05, 0.1) is 23.8 Å². The molecular weight excluding hydrogens is 380 g/mol. The number of nitrogens with zero attached hydrogens (tertiary/aromatic N) is 2. The van der Waals surface area contributed by atoms with E-state index in [1.807, 2.05) is 12.1 Å². The van der Waals surface area contributed by atoms with E-state index in [1.165, 1.54) is 22.2 Å². The zero-order valence-corrected chi connectivity index (χ0v) is 17.5. The van der Waals surface area contributed by atoms with E-state index in [0.29, 0.717) is 23.4 Å². The van der Waals surface area contributed by atoms with E-state index in [0.717, 1.165) is 35.2 Å². The largest absolute Gasteiger partial charge is 0.467 e. The number of aromatic nitrogens is 2. The standard InChI is InChI=1S/C20H24N2O3S2/c1-12-6-7-14-15(9-12)27-17-16(14)18(23)22(10-13-5-4-8-25-13)19(21-17)26-11-20(2,3)24/h4-5,8,12,24H,6-7,9-11H2,1-3H3. The SMILES string of the molecule is CC1CCc2c(sc3nc(SCC(C)(C)O)n(Cc4ccco4)c(=O)c23)C1. The molecule has 0 radical (unpaired) electrons. The molecule has 0 amide bonds. The minimum atomic E-state index is -0.836. The molecule has 144 valence electrons. The van der Waals surface area contributed by atoms with Crippen molar-refractivity contribution in [1.82, 2.24) is 9.55 Å². The summed E-state index contributed by atoms with van der Waals surface area (Å²) in [6, 6.07) is 3.69. The third-order valence-electron chi connectivity index (χ3n) is 4.83. The minimum Gasteiger partial charge on any atom is -0.467 e. The van der Waals surface area contributed by atoms with Crippen LogP contribution in [0.4, 0.5) is 0 Å². The highest BCUT2D eigenvalue weighted by Crippen LogP contribution is 2.36. The van der Waals surface area contributed by atoms with Gasteiger partial charge in [-0.1, -0.05) is 18.7 Å². The predicted octanol–water partition coefficient (Wildman–Crippen LogP) is 4.09. The summed E-state index contributed by atoms with van der Waals surface area (Å²) in [7, 11) is 0. The van der Waals surface area contributed by atoms with Gasteiger partial charge in [-0.2, -0.15) is 0 Å². The first-order chi connectivity index (χ1) is 12.8. The molecule has 0 aliphatic heterocycles. The molecule has 3 aromatic heterocycles. The number of aliphatic hydroxyl groups is 1. The lowest BCUT2D eigenvalue weighted by molar-refractivity contribution is 0.107. The minimum absolute atomic E-state index is 0.00157. The van der Waals surface area contributed by atoms with Crippen LogP contribution in [-0.2, 0) is 19.4 Å². The first-order valence-electron chi connectivity index (χ1n) is 9.24. The first kappa shape index (κ1) is 18.8. The van der Waals surface area contributed by atoms with E-state index < -0.39 is 5.60 Å². The number of hydrogen-bond acceptors (Lipinski definition) is 6. The van der Waals surface area contributed by atoms with Gasteiger partial charge in [0.15, 0.2) is 5.16 Å². The molecule has 0 fully saturated rings. The van der Waals surface area contributed by atoms with Crippen molar-refractivity contribution in [3.63, 3.8) is 0 Å². The third kappa shape index (κ3) is 3.86. The number of rotatable bonds is 5. The number of furan rings is 1. The summed E-state index contributed by atoms with van der Waals surface area (Å²) in [5.74, 6) is 1.84. The average molecular weight is 405 g/mol. The molecule has 1 unspecified atom stereocenters. The number of thioether (sulfide) groups is 1. The summed E-state index contributed by atoms with van der Waals surface area (Å²) >= 11 is 3.08. The molecule has 1 atom stereocenters. The Morgan fingerprint density at radius 2 is 2.30 bits per heavy atom. The molecule has 7 heteroatoms. The van der Waals surface area contributed by atoms with Crippen LogP contribution < -0.4 is 5.56 Å². The molecule has 1 N–H and O–H groups in total. The van der Waals surface area contributed by atoms with E-state index in [-0.39, 0.29) is 5.56 Å². The maximum Gasteiger partial charge on any atom is 0.263 e. The second-order valence-corrected chi connectivity index (χ2v) is 10.0. The zero-order valence-electron chi connectivity index (χ0n) is 15.8. The summed E-state index contributed by atoms with van der Waals surface area (Å²) in [5, 5.41) is 11.5. The molecule has 27 heavy (non-hydrogen) atoms. The fourth-order valence-corrected chi connectivity index (χ4v) is 5.83. The molecular formula is C20H24N2O3S2. The van der Waals surface area contributed by atoms with Crippen molar-refractivity contribution in [2.24, 2.45) is 5.92 Å². The van der Waals surface area contributed by atoms with Crippen LogP contribution in [-0.4, -0.2) is 26.0 Å². The molecule has 0 aromatic carbocycles. The second kappa shape index (κ2) is 7.11. The van der Waals surface area contributed by atoms with Gasteiger partial charge >= 0.3 is 0 Å². The van der Waals surface area contributed by atoms with Crippen molar-refractivity contribution < 1.29 is 9.52 Å². The van der Waals surface area contributed by atoms with E-state index in [9.17, 15) is 9.90 Å². The highest BCUT2D eigenvalue weighted by atomic mass is 32.2. The zero-order chi connectivity index (χ0) is 19.2. The molecule has 0 bridgehead atoms. The predicted molar refractivity (Wildman–Crippen MR) is 110 cm³/mol. The quantitative estimate of drug-likeness (QED) is 0.512. The van der Waals surface area contributed by atoms with Crippen LogP contribution >= 0.6 is 23.1 Å². The Kier molecular flexibility index (Phi) is 4.94. The van der Waals surface area contributed by atoms with Gasteiger partial charge in [0.25, 0.3) is 5.56 Å². The molecule has 0 spiro atoms. The van der Waals surface area contributed by atoms with E-state index in [2.05, 4.69) is 6.92 Å².